The number of hydrogen-bond donors (Lipinski definition) is 1. The summed E-state index contributed by atoms with van der Waals surface area (Å²) in [6.07, 6.45) is 1.65. The van der Waals surface area contributed by atoms with E-state index in [4.69, 9.17) is 9.47 Å². The number of para-hydroxylation sites is 2. The van der Waals surface area contributed by atoms with Gasteiger partial charge in [0.2, 0.25) is 0 Å². The zero-order chi connectivity index (χ0) is 14.7. The molecule has 1 saturated heterocycles. The number of hydrogen-bond acceptors (Lipinski definition) is 4. The molecule has 0 aromatic heterocycles. The topological polar surface area (TPSA) is 67.9 Å². The Morgan fingerprint density at radius 3 is 2.67 bits per heavy atom. The van der Waals surface area contributed by atoms with Crippen LogP contribution in [0, 0.1) is 0 Å². The van der Waals surface area contributed by atoms with Crippen molar-refractivity contribution in [3.63, 3.8) is 0 Å². The predicted octanol–water partition coefficient (Wildman–Crippen LogP) is 0.565. The Morgan fingerprint density at radius 2 is 1.90 bits per heavy atom. The molecule has 0 spiro atoms. The Balaban J connectivity index is 1.49. The molecule has 0 aliphatic carbocycles. The van der Waals surface area contributed by atoms with Gasteiger partial charge >= 0.3 is 11.8 Å². The molecule has 2 aliphatic heterocycles. The second-order valence-electron chi connectivity index (χ2n) is 5.21. The predicted molar refractivity (Wildman–Crippen MR) is 75.2 cm³/mol. The summed E-state index contributed by atoms with van der Waals surface area (Å²) in [5.41, 5.74) is 0. The average molecular weight is 290 g/mol. The highest BCUT2D eigenvalue weighted by molar-refractivity contribution is 6.35. The molecule has 21 heavy (non-hydrogen) atoms. The second-order valence-corrected chi connectivity index (χ2v) is 5.21. The molecule has 1 atom stereocenters. The van der Waals surface area contributed by atoms with Gasteiger partial charge in [-0.3, -0.25) is 9.59 Å². The molecule has 6 nitrogen and oxygen atoms in total. The van der Waals surface area contributed by atoms with Crippen molar-refractivity contribution in [2.24, 2.45) is 0 Å². The van der Waals surface area contributed by atoms with Gasteiger partial charge < -0.3 is 19.7 Å². The summed E-state index contributed by atoms with van der Waals surface area (Å²) in [7, 11) is 0. The maximum atomic E-state index is 11.9. The minimum absolute atomic E-state index is 0.257. The molecule has 1 aromatic carbocycles. The molecule has 0 radical (unpaired) electrons. The molecule has 2 amide bonds. The Kier molecular flexibility index (Phi) is 3.94. The number of amides is 2. The van der Waals surface area contributed by atoms with Gasteiger partial charge in [-0.05, 0) is 25.0 Å². The summed E-state index contributed by atoms with van der Waals surface area (Å²) >= 11 is 0. The number of nitrogens with one attached hydrogen (secondary N) is 1. The molecule has 6 heteroatoms. The van der Waals surface area contributed by atoms with E-state index >= 15 is 0 Å². The van der Waals surface area contributed by atoms with Gasteiger partial charge in [0.1, 0.15) is 12.7 Å². The fourth-order valence-electron chi connectivity index (χ4n) is 2.51. The van der Waals surface area contributed by atoms with Gasteiger partial charge in [-0.15, -0.1) is 0 Å². The van der Waals surface area contributed by atoms with E-state index in [1.165, 1.54) is 0 Å². The van der Waals surface area contributed by atoms with Crippen molar-refractivity contribution in [1.82, 2.24) is 10.2 Å². The van der Waals surface area contributed by atoms with Crippen LogP contribution in [0.25, 0.3) is 0 Å². The van der Waals surface area contributed by atoms with Gasteiger partial charge in [0.15, 0.2) is 11.5 Å². The summed E-state index contributed by atoms with van der Waals surface area (Å²) in [5, 5.41) is 2.62. The maximum absolute atomic E-state index is 11.9. The number of ether oxygens (including phenoxy) is 2. The van der Waals surface area contributed by atoms with Crippen molar-refractivity contribution in [3.8, 4) is 11.5 Å². The first-order valence-electron chi connectivity index (χ1n) is 7.19. The molecule has 0 unspecified atom stereocenters. The average Bonchev–Trinajstić information content (AvgIpc) is 3.06. The van der Waals surface area contributed by atoms with Gasteiger partial charge in [0.25, 0.3) is 0 Å². The van der Waals surface area contributed by atoms with E-state index in [1.54, 1.807) is 4.90 Å². The Morgan fingerprint density at radius 1 is 1.19 bits per heavy atom. The van der Waals surface area contributed by atoms with E-state index in [-0.39, 0.29) is 12.6 Å². The first-order chi connectivity index (χ1) is 10.2. The van der Waals surface area contributed by atoms with Crippen molar-refractivity contribution >= 4 is 11.8 Å². The third-order valence-electron chi connectivity index (χ3n) is 3.65. The molecule has 3 rings (SSSR count). The molecular formula is C15H18N2O4. The number of carbonyl (C=O) groups excluding carboxylic acids is 2. The van der Waals surface area contributed by atoms with Crippen molar-refractivity contribution in [2.45, 2.75) is 18.9 Å². The van der Waals surface area contributed by atoms with Crippen LogP contribution in [-0.2, 0) is 9.59 Å². The molecule has 1 aromatic rings. The van der Waals surface area contributed by atoms with Crippen LogP contribution in [0.15, 0.2) is 24.3 Å². The van der Waals surface area contributed by atoms with Crippen LogP contribution in [-0.4, -0.2) is 49.1 Å². The van der Waals surface area contributed by atoms with E-state index in [2.05, 4.69) is 5.32 Å². The van der Waals surface area contributed by atoms with Crippen LogP contribution in [0.2, 0.25) is 0 Å². The van der Waals surface area contributed by atoms with Crippen LogP contribution in [0.5, 0.6) is 11.5 Å². The zero-order valence-corrected chi connectivity index (χ0v) is 11.7. The molecular weight excluding hydrogens is 272 g/mol. The van der Waals surface area contributed by atoms with Gasteiger partial charge in [-0.25, -0.2) is 0 Å². The van der Waals surface area contributed by atoms with Crippen molar-refractivity contribution in [3.05, 3.63) is 24.3 Å². The molecule has 1 fully saturated rings. The lowest BCUT2D eigenvalue weighted by Gasteiger charge is -2.26. The lowest BCUT2D eigenvalue weighted by atomic mass is 10.2. The molecule has 1 N–H and O–H groups in total. The number of likely N-dealkylation sites (tertiary alicyclic amines) is 1. The Labute approximate surface area is 123 Å². The lowest BCUT2D eigenvalue weighted by Crippen LogP contribution is -2.46. The van der Waals surface area contributed by atoms with Crippen LogP contribution < -0.4 is 14.8 Å². The van der Waals surface area contributed by atoms with E-state index in [0.29, 0.717) is 31.2 Å². The molecule has 0 bridgehead atoms. The number of carbonyl (C=O) groups is 2. The highest BCUT2D eigenvalue weighted by atomic mass is 16.6. The van der Waals surface area contributed by atoms with E-state index in [1.807, 2.05) is 24.3 Å². The highest BCUT2D eigenvalue weighted by Gasteiger charge is 2.26. The third-order valence-corrected chi connectivity index (χ3v) is 3.65. The molecule has 2 heterocycles. The van der Waals surface area contributed by atoms with Crippen LogP contribution in [0.3, 0.4) is 0 Å². The van der Waals surface area contributed by atoms with Gasteiger partial charge in [-0.1, -0.05) is 12.1 Å². The molecule has 0 saturated carbocycles. The van der Waals surface area contributed by atoms with Crippen LogP contribution in [0.1, 0.15) is 12.8 Å². The second kappa shape index (κ2) is 6.03. The van der Waals surface area contributed by atoms with Crippen molar-refractivity contribution in [1.29, 1.82) is 0 Å². The largest absolute Gasteiger partial charge is 0.486 e. The smallest absolute Gasteiger partial charge is 0.311 e. The van der Waals surface area contributed by atoms with Crippen LogP contribution >= 0.6 is 0 Å². The van der Waals surface area contributed by atoms with E-state index < -0.39 is 11.8 Å². The maximum Gasteiger partial charge on any atom is 0.311 e. The summed E-state index contributed by atoms with van der Waals surface area (Å²) in [4.78, 5) is 25.3. The fourth-order valence-corrected chi connectivity index (χ4v) is 2.51. The van der Waals surface area contributed by atoms with Crippen LogP contribution in [0.4, 0.5) is 0 Å². The number of fused-ring (bicyclic) bond motifs is 1. The quantitative estimate of drug-likeness (QED) is 0.808. The lowest BCUT2D eigenvalue weighted by molar-refractivity contribution is -0.145. The first-order valence-corrected chi connectivity index (χ1v) is 7.19. The number of nitrogens with zero attached hydrogens (tertiary/aromatic N) is 1. The number of rotatable bonds is 2. The SMILES string of the molecule is O=C(NC[C@@H]1COc2ccccc2O1)C(=O)N1CCCC1. The van der Waals surface area contributed by atoms with E-state index in [9.17, 15) is 9.59 Å². The van der Waals surface area contributed by atoms with E-state index in [0.717, 1.165) is 12.8 Å². The first kappa shape index (κ1) is 13.7. The van der Waals surface area contributed by atoms with Gasteiger partial charge in [0, 0.05) is 13.1 Å². The summed E-state index contributed by atoms with van der Waals surface area (Å²) in [5.74, 6) is 0.339. The Hall–Kier alpha value is -2.24. The Bertz CT molecular complexity index is 540. The molecule has 112 valence electrons. The normalized spacial score (nSPS) is 20.2. The number of benzene rings is 1. The monoisotopic (exact) mass is 290 g/mol. The minimum Gasteiger partial charge on any atom is -0.486 e. The standard InChI is InChI=1S/C15H18N2O4/c18-14(15(19)17-7-3-4-8-17)16-9-11-10-20-12-5-1-2-6-13(12)21-11/h1-2,5-6,11H,3-4,7-10H2,(H,16,18)/t11-/m1/s1. The van der Waals surface area contributed by atoms with Crippen molar-refractivity contribution < 1.29 is 19.1 Å². The van der Waals surface area contributed by atoms with Gasteiger partial charge in [0.05, 0.1) is 6.54 Å². The minimum atomic E-state index is -0.570. The summed E-state index contributed by atoms with van der Waals surface area (Å²) in [6, 6.07) is 7.39. The van der Waals surface area contributed by atoms with Gasteiger partial charge in [-0.2, -0.15) is 0 Å². The molecule has 2 aliphatic rings. The fraction of sp³-hybridized carbons (Fsp3) is 0.467. The van der Waals surface area contributed by atoms with Crippen molar-refractivity contribution in [2.75, 3.05) is 26.2 Å². The third kappa shape index (κ3) is 3.09. The summed E-state index contributed by atoms with van der Waals surface area (Å²) < 4.78 is 11.3. The summed E-state index contributed by atoms with van der Waals surface area (Å²) in [6.45, 7) is 1.95. The highest BCUT2D eigenvalue weighted by Crippen LogP contribution is 2.30. The zero-order valence-electron chi connectivity index (χ0n) is 11.7.